The summed E-state index contributed by atoms with van der Waals surface area (Å²) in [6.07, 6.45) is 0. The van der Waals surface area contributed by atoms with Crippen LogP contribution in [0, 0.1) is 11.6 Å². The van der Waals surface area contributed by atoms with Crippen LogP contribution >= 0.6 is 11.3 Å². The Balaban J connectivity index is 1.74. The van der Waals surface area contributed by atoms with Crippen molar-refractivity contribution in [2.75, 3.05) is 13.7 Å². The number of hydrogen-bond acceptors (Lipinski definition) is 4. The van der Waals surface area contributed by atoms with E-state index in [9.17, 15) is 13.6 Å². The molecule has 3 aromatic rings. The van der Waals surface area contributed by atoms with Crippen molar-refractivity contribution in [1.82, 2.24) is 4.90 Å². The summed E-state index contributed by atoms with van der Waals surface area (Å²) in [5.74, 6) is -1.35. The van der Waals surface area contributed by atoms with E-state index < -0.39 is 11.6 Å². The summed E-state index contributed by atoms with van der Waals surface area (Å²) in [5.41, 5.74) is 0.850. The Hall–Kier alpha value is -2.93. The van der Waals surface area contributed by atoms with Gasteiger partial charge in [0.25, 0.3) is 5.91 Å². The summed E-state index contributed by atoms with van der Waals surface area (Å²) in [6, 6.07) is 14.3. The molecule has 0 atom stereocenters. The van der Waals surface area contributed by atoms with Crippen molar-refractivity contribution in [1.29, 1.82) is 0 Å². The van der Waals surface area contributed by atoms with Gasteiger partial charge < -0.3 is 14.4 Å². The predicted octanol–water partition coefficient (Wildman–Crippen LogP) is 4.64. The highest BCUT2D eigenvalue weighted by molar-refractivity contribution is 7.09. The first kappa shape index (κ1) is 19.8. The van der Waals surface area contributed by atoms with Crippen LogP contribution in [0.25, 0.3) is 0 Å². The molecule has 2 aromatic carbocycles. The lowest BCUT2D eigenvalue weighted by Gasteiger charge is -2.23. The van der Waals surface area contributed by atoms with E-state index in [0.717, 1.165) is 22.6 Å². The smallest absolute Gasteiger partial charge is 0.261 e. The molecule has 0 unspecified atom stereocenters. The molecule has 1 amide bonds. The van der Waals surface area contributed by atoms with Crippen LogP contribution in [-0.4, -0.2) is 24.5 Å². The Morgan fingerprint density at radius 2 is 1.86 bits per heavy atom. The molecule has 0 spiro atoms. The number of carbonyl (C=O) groups is 1. The van der Waals surface area contributed by atoms with Crippen LogP contribution < -0.4 is 9.47 Å². The van der Waals surface area contributed by atoms with Gasteiger partial charge in [-0.2, -0.15) is 0 Å². The van der Waals surface area contributed by atoms with E-state index >= 15 is 0 Å². The fourth-order valence-electron chi connectivity index (χ4n) is 2.69. The molecule has 28 heavy (non-hydrogen) atoms. The molecule has 7 heteroatoms. The Labute approximate surface area is 165 Å². The van der Waals surface area contributed by atoms with E-state index in [0.29, 0.717) is 18.8 Å². The van der Waals surface area contributed by atoms with Gasteiger partial charge in [0.05, 0.1) is 13.7 Å². The largest absolute Gasteiger partial charge is 0.496 e. The summed E-state index contributed by atoms with van der Waals surface area (Å²) in [7, 11) is 1.57. The molecule has 0 aliphatic heterocycles. The van der Waals surface area contributed by atoms with Crippen LogP contribution in [0.15, 0.2) is 60.0 Å². The van der Waals surface area contributed by atoms with Crippen LogP contribution in [0.2, 0.25) is 0 Å². The summed E-state index contributed by atoms with van der Waals surface area (Å²) in [6.45, 7) is 0.350. The predicted molar refractivity (Wildman–Crippen MR) is 103 cm³/mol. The molecule has 146 valence electrons. The Bertz CT molecular complexity index is 931. The molecule has 0 radical (unpaired) electrons. The van der Waals surface area contributed by atoms with E-state index in [1.165, 1.54) is 6.07 Å². The minimum Gasteiger partial charge on any atom is -0.496 e. The normalized spacial score (nSPS) is 10.5. The van der Waals surface area contributed by atoms with E-state index in [1.54, 1.807) is 23.3 Å². The van der Waals surface area contributed by atoms with Crippen molar-refractivity contribution in [3.05, 3.63) is 82.1 Å². The number of benzene rings is 2. The van der Waals surface area contributed by atoms with Gasteiger partial charge in [-0.05, 0) is 29.6 Å². The SMILES string of the molecule is COc1ccccc1CN(Cc1cccs1)C(=O)COc1ccc(F)cc1F. The summed E-state index contributed by atoms with van der Waals surface area (Å²) >= 11 is 1.54. The average molecular weight is 403 g/mol. The fraction of sp³-hybridized carbons (Fsp3) is 0.190. The lowest BCUT2D eigenvalue weighted by Crippen LogP contribution is -2.34. The van der Waals surface area contributed by atoms with Gasteiger partial charge in [-0.1, -0.05) is 24.3 Å². The zero-order valence-electron chi connectivity index (χ0n) is 15.2. The molecule has 3 rings (SSSR count). The number of amides is 1. The topological polar surface area (TPSA) is 38.8 Å². The second-order valence-corrected chi connectivity index (χ2v) is 7.04. The first-order valence-corrected chi connectivity index (χ1v) is 9.44. The van der Waals surface area contributed by atoms with Crippen LogP contribution in [0.1, 0.15) is 10.4 Å². The maximum absolute atomic E-state index is 13.7. The van der Waals surface area contributed by atoms with Gasteiger partial charge in [0, 0.05) is 23.1 Å². The summed E-state index contributed by atoms with van der Waals surface area (Å²) in [4.78, 5) is 15.4. The average Bonchev–Trinajstić information content (AvgIpc) is 3.20. The molecule has 0 aliphatic rings. The van der Waals surface area contributed by atoms with Crippen molar-refractivity contribution in [3.8, 4) is 11.5 Å². The number of para-hydroxylation sites is 1. The Morgan fingerprint density at radius 3 is 2.57 bits per heavy atom. The van der Waals surface area contributed by atoms with E-state index in [1.807, 2.05) is 41.8 Å². The minimum absolute atomic E-state index is 0.164. The third-order valence-corrected chi connectivity index (χ3v) is 4.94. The highest BCUT2D eigenvalue weighted by Crippen LogP contribution is 2.22. The standard InChI is InChI=1S/C21H19F2NO3S/c1-26-19-7-3-2-5-15(19)12-24(13-17-6-4-10-28-17)21(25)14-27-20-9-8-16(22)11-18(20)23/h2-11H,12-14H2,1H3. The molecule has 0 saturated heterocycles. The first-order chi connectivity index (χ1) is 13.6. The van der Waals surface area contributed by atoms with Gasteiger partial charge >= 0.3 is 0 Å². The lowest BCUT2D eigenvalue weighted by molar-refractivity contribution is -0.134. The van der Waals surface area contributed by atoms with Gasteiger partial charge in [-0.3, -0.25) is 4.79 Å². The highest BCUT2D eigenvalue weighted by Gasteiger charge is 2.18. The number of hydrogen-bond donors (Lipinski definition) is 0. The van der Waals surface area contributed by atoms with Gasteiger partial charge in [0.15, 0.2) is 18.2 Å². The number of nitrogens with zero attached hydrogens (tertiary/aromatic N) is 1. The molecule has 1 heterocycles. The third-order valence-electron chi connectivity index (χ3n) is 4.08. The molecule has 0 bridgehead atoms. The van der Waals surface area contributed by atoms with E-state index in [4.69, 9.17) is 9.47 Å². The number of thiophene rings is 1. The zero-order valence-corrected chi connectivity index (χ0v) is 16.0. The Morgan fingerprint density at radius 1 is 1.04 bits per heavy atom. The Kier molecular flexibility index (Phi) is 6.60. The van der Waals surface area contributed by atoms with E-state index in [2.05, 4.69) is 0 Å². The number of rotatable bonds is 8. The van der Waals surface area contributed by atoms with Crippen LogP contribution in [0.3, 0.4) is 0 Å². The molecular weight excluding hydrogens is 384 g/mol. The number of carbonyl (C=O) groups excluding carboxylic acids is 1. The van der Waals surface area contributed by atoms with E-state index in [-0.39, 0.29) is 18.3 Å². The monoisotopic (exact) mass is 403 g/mol. The number of methoxy groups -OCH3 is 1. The lowest BCUT2D eigenvalue weighted by atomic mass is 10.2. The third kappa shape index (κ3) is 5.07. The van der Waals surface area contributed by atoms with Gasteiger partial charge in [-0.15, -0.1) is 11.3 Å². The maximum atomic E-state index is 13.7. The molecule has 0 saturated carbocycles. The molecular formula is C21H19F2NO3S. The molecule has 1 aromatic heterocycles. The van der Waals surface area contributed by atoms with Crippen LogP contribution in [0.4, 0.5) is 8.78 Å². The first-order valence-electron chi connectivity index (χ1n) is 8.56. The second-order valence-electron chi connectivity index (χ2n) is 6.00. The van der Waals surface area contributed by atoms with Crippen LogP contribution in [0.5, 0.6) is 11.5 Å². The van der Waals surface area contributed by atoms with Crippen molar-refractivity contribution in [2.45, 2.75) is 13.1 Å². The zero-order chi connectivity index (χ0) is 19.9. The minimum atomic E-state index is -0.845. The van der Waals surface area contributed by atoms with Crippen molar-refractivity contribution in [3.63, 3.8) is 0 Å². The van der Waals surface area contributed by atoms with Gasteiger partial charge in [-0.25, -0.2) is 8.78 Å². The quantitative estimate of drug-likeness (QED) is 0.550. The van der Waals surface area contributed by atoms with Crippen LogP contribution in [-0.2, 0) is 17.9 Å². The molecule has 4 nitrogen and oxygen atoms in total. The second kappa shape index (κ2) is 9.32. The fourth-order valence-corrected chi connectivity index (χ4v) is 3.40. The molecule has 0 fully saturated rings. The maximum Gasteiger partial charge on any atom is 0.261 e. The van der Waals surface area contributed by atoms with Crippen molar-refractivity contribution >= 4 is 17.2 Å². The van der Waals surface area contributed by atoms with Crippen molar-refractivity contribution < 1.29 is 23.0 Å². The van der Waals surface area contributed by atoms with Gasteiger partial charge in [0.1, 0.15) is 11.6 Å². The number of halogens is 2. The summed E-state index contributed by atoms with van der Waals surface area (Å²) in [5, 5.41) is 1.94. The highest BCUT2D eigenvalue weighted by atomic mass is 32.1. The van der Waals surface area contributed by atoms with Crippen molar-refractivity contribution in [2.24, 2.45) is 0 Å². The molecule has 0 N–H and O–H groups in total. The van der Waals surface area contributed by atoms with Gasteiger partial charge in [0.2, 0.25) is 0 Å². The molecule has 0 aliphatic carbocycles. The number of ether oxygens (including phenoxy) is 2. The summed E-state index contributed by atoms with van der Waals surface area (Å²) < 4.78 is 37.4.